The summed E-state index contributed by atoms with van der Waals surface area (Å²) in [7, 11) is 0. The molecule has 0 heterocycles. The number of rotatable bonds is 7. The molecule has 2 rings (SSSR count). The molecule has 6 heteroatoms. The van der Waals surface area contributed by atoms with E-state index in [0.29, 0.717) is 5.56 Å². The molecule has 0 unspecified atom stereocenters. The predicted octanol–water partition coefficient (Wildman–Crippen LogP) is 4.28. The minimum atomic E-state index is -0.172. The van der Waals surface area contributed by atoms with Gasteiger partial charge in [-0.1, -0.05) is 24.3 Å². The van der Waals surface area contributed by atoms with Crippen LogP contribution in [-0.2, 0) is 4.79 Å². The number of hydrogen-bond donors (Lipinski definition) is 2. The molecule has 0 aliphatic carbocycles. The first-order chi connectivity index (χ1) is 12.0. The van der Waals surface area contributed by atoms with E-state index >= 15 is 0 Å². The van der Waals surface area contributed by atoms with Crippen molar-refractivity contribution in [3.63, 3.8) is 0 Å². The van der Waals surface area contributed by atoms with Crippen LogP contribution >= 0.6 is 23.5 Å². The molecule has 2 aromatic carbocycles. The number of hydrogen-bond acceptors (Lipinski definition) is 4. The van der Waals surface area contributed by atoms with E-state index in [1.54, 1.807) is 17.8 Å². The van der Waals surface area contributed by atoms with Crippen molar-refractivity contribution in [2.45, 2.75) is 29.7 Å². The lowest BCUT2D eigenvalue weighted by Crippen LogP contribution is -2.31. The van der Waals surface area contributed by atoms with Crippen LogP contribution in [0.3, 0.4) is 0 Å². The molecule has 0 aromatic heterocycles. The highest BCUT2D eigenvalue weighted by molar-refractivity contribution is 8.00. The summed E-state index contributed by atoms with van der Waals surface area (Å²) in [5, 5.41) is 5.82. The first kappa shape index (κ1) is 19.4. The van der Waals surface area contributed by atoms with Gasteiger partial charge in [-0.2, -0.15) is 0 Å². The average Bonchev–Trinajstić information content (AvgIpc) is 2.60. The Kier molecular flexibility index (Phi) is 7.40. The molecule has 0 radical (unpaired) electrons. The third-order valence-corrected chi connectivity index (χ3v) is 5.16. The quantitative estimate of drug-likeness (QED) is 0.710. The van der Waals surface area contributed by atoms with Crippen molar-refractivity contribution < 1.29 is 9.59 Å². The highest BCUT2D eigenvalue weighted by Gasteiger charge is 2.14. The van der Waals surface area contributed by atoms with Crippen LogP contribution in [0.4, 0.5) is 5.69 Å². The normalized spacial score (nSPS) is 10.6. The highest BCUT2D eigenvalue weighted by Crippen LogP contribution is 2.27. The SMILES string of the molecule is CSc1ccccc1NC(=O)c1ccccc1SCC(=O)NC(C)C. The van der Waals surface area contributed by atoms with Crippen molar-refractivity contribution in [1.29, 1.82) is 0 Å². The number of benzene rings is 2. The molecule has 0 aliphatic heterocycles. The zero-order chi connectivity index (χ0) is 18.2. The molecule has 132 valence electrons. The molecule has 0 saturated heterocycles. The Morgan fingerprint density at radius 2 is 1.64 bits per heavy atom. The summed E-state index contributed by atoms with van der Waals surface area (Å²) in [5.74, 6) is 0.0703. The van der Waals surface area contributed by atoms with Gasteiger partial charge in [0.25, 0.3) is 5.91 Å². The van der Waals surface area contributed by atoms with Crippen LogP contribution in [0.2, 0.25) is 0 Å². The van der Waals surface area contributed by atoms with Crippen LogP contribution in [0.25, 0.3) is 0 Å². The topological polar surface area (TPSA) is 58.2 Å². The zero-order valence-corrected chi connectivity index (χ0v) is 16.2. The summed E-state index contributed by atoms with van der Waals surface area (Å²) in [6, 6.07) is 15.1. The first-order valence-electron chi connectivity index (χ1n) is 7.97. The van der Waals surface area contributed by atoms with Crippen LogP contribution in [0.15, 0.2) is 58.3 Å². The Labute approximate surface area is 157 Å². The fraction of sp³-hybridized carbons (Fsp3) is 0.263. The lowest BCUT2D eigenvalue weighted by atomic mass is 10.2. The van der Waals surface area contributed by atoms with Gasteiger partial charge in [0, 0.05) is 15.8 Å². The van der Waals surface area contributed by atoms with Crippen molar-refractivity contribution in [2.24, 2.45) is 0 Å². The van der Waals surface area contributed by atoms with E-state index in [2.05, 4.69) is 10.6 Å². The van der Waals surface area contributed by atoms with E-state index in [-0.39, 0.29) is 23.6 Å². The summed E-state index contributed by atoms with van der Waals surface area (Å²) in [6.45, 7) is 3.85. The number of thioether (sulfide) groups is 2. The van der Waals surface area contributed by atoms with E-state index in [1.807, 2.05) is 62.6 Å². The maximum Gasteiger partial charge on any atom is 0.256 e. The zero-order valence-electron chi connectivity index (χ0n) is 14.5. The lowest BCUT2D eigenvalue weighted by molar-refractivity contribution is -0.119. The van der Waals surface area contributed by atoms with Crippen LogP contribution in [0, 0.1) is 0 Å². The van der Waals surface area contributed by atoms with Crippen LogP contribution in [0.1, 0.15) is 24.2 Å². The van der Waals surface area contributed by atoms with Gasteiger partial charge in [0.15, 0.2) is 0 Å². The third kappa shape index (κ3) is 5.83. The summed E-state index contributed by atoms with van der Waals surface area (Å²) in [4.78, 5) is 26.3. The molecule has 0 aliphatic rings. The predicted molar refractivity (Wildman–Crippen MR) is 107 cm³/mol. The number of para-hydroxylation sites is 1. The highest BCUT2D eigenvalue weighted by atomic mass is 32.2. The molecule has 25 heavy (non-hydrogen) atoms. The maximum absolute atomic E-state index is 12.7. The second-order valence-corrected chi connectivity index (χ2v) is 7.53. The molecule has 2 N–H and O–H groups in total. The maximum atomic E-state index is 12.7. The molecule has 4 nitrogen and oxygen atoms in total. The van der Waals surface area contributed by atoms with Crippen molar-refractivity contribution in [2.75, 3.05) is 17.3 Å². The van der Waals surface area contributed by atoms with E-state index in [9.17, 15) is 9.59 Å². The molecule has 0 atom stereocenters. The molecule has 2 amide bonds. The lowest BCUT2D eigenvalue weighted by Gasteiger charge is -2.12. The van der Waals surface area contributed by atoms with E-state index in [4.69, 9.17) is 0 Å². The first-order valence-corrected chi connectivity index (χ1v) is 10.2. The summed E-state index contributed by atoms with van der Waals surface area (Å²) >= 11 is 2.95. The minimum absolute atomic E-state index is 0.0389. The monoisotopic (exact) mass is 374 g/mol. The van der Waals surface area contributed by atoms with Gasteiger partial charge < -0.3 is 10.6 Å². The van der Waals surface area contributed by atoms with Gasteiger partial charge in [0.2, 0.25) is 5.91 Å². The fourth-order valence-corrected chi connectivity index (χ4v) is 3.64. The number of anilines is 1. The second-order valence-electron chi connectivity index (χ2n) is 5.66. The van der Waals surface area contributed by atoms with E-state index < -0.39 is 0 Å². The van der Waals surface area contributed by atoms with E-state index in [1.165, 1.54) is 11.8 Å². The van der Waals surface area contributed by atoms with Gasteiger partial charge in [-0.25, -0.2) is 0 Å². The standard InChI is InChI=1S/C19H22N2O2S2/c1-13(2)20-18(22)12-25-16-10-6-4-8-14(16)19(23)21-15-9-5-7-11-17(15)24-3/h4-11,13H,12H2,1-3H3,(H,20,22)(H,21,23). The van der Waals surface area contributed by atoms with E-state index in [0.717, 1.165) is 15.5 Å². The fourth-order valence-electron chi connectivity index (χ4n) is 2.22. The molecule has 0 spiro atoms. The number of amides is 2. The summed E-state index contributed by atoms with van der Waals surface area (Å²) < 4.78 is 0. The van der Waals surface area contributed by atoms with Gasteiger partial charge in [0.1, 0.15) is 0 Å². The van der Waals surface area contributed by atoms with Crippen LogP contribution in [0.5, 0.6) is 0 Å². The molecule has 0 fully saturated rings. The van der Waals surface area contributed by atoms with Gasteiger partial charge >= 0.3 is 0 Å². The van der Waals surface area contributed by atoms with Gasteiger partial charge in [-0.15, -0.1) is 23.5 Å². The summed E-state index contributed by atoms with van der Waals surface area (Å²) in [5.41, 5.74) is 1.36. The Morgan fingerprint density at radius 1 is 1.00 bits per heavy atom. The molecule has 2 aromatic rings. The second kappa shape index (κ2) is 9.53. The Hall–Kier alpha value is -1.92. The molecule has 0 saturated carbocycles. The number of carbonyl (C=O) groups excluding carboxylic acids is 2. The Balaban J connectivity index is 2.11. The summed E-state index contributed by atoms with van der Waals surface area (Å²) in [6.07, 6.45) is 1.97. The van der Waals surface area contributed by atoms with Gasteiger partial charge in [-0.3, -0.25) is 9.59 Å². The van der Waals surface area contributed by atoms with Crippen LogP contribution in [-0.4, -0.2) is 29.9 Å². The average molecular weight is 375 g/mol. The van der Waals surface area contributed by atoms with Gasteiger partial charge in [0.05, 0.1) is 17.0 Å². The van der Waals surface area contributed by atoms with Crippen molar-refractivity contribution >= 4 is 41.0 Å². The third-order valence-electron chi connectivity index (χ3n) is 3.30. The largest absolute Gasteiger partial charge is 0.353 e. The van der Waals surface area contributed by atoms with Crippen molar-refractivity contribution in [1.82, 2.24) is 5.32 Å². The molecular weight excluding hydrogens is 352 g/mol. The Bertz CT molecular complexity index is 748. The van der Waals surface area contributed by atoms with Crippen molar-refractivity contribution in [3.05, 3.63) is 54.1 Å². The number of nitrogens with one attached hydrogen (secondary N) is 2. The number of carbonyl (C=O) groups is 2. The smallest absolute Gasteiger partial charge is 0.256 e. The van der Waals surface area contributed by atoms with Gasteiger partial charge in [-0.05, 0) is 44.4 Å². The molecular formula is C19H22N2O2S2. The molecule has 0 bridgehead atoms. The Morgan fingerprint density at radius 3 is 2.32 bits per heavy atom. The van der Waals surface area contributed by atoms with Crippen LogP contribution < -0.4 is 10.6 Å². The minimum Gasteiger partial charge on any atom is -0.353 e. The van der Waals surface area contributed by atoms with Crippen molar-refractivity contribution in [3.8, 4) is 0 Å².